The van der Waals surface area contributed by atoms with Crippen LogP contribution in [0.4, 0.5) is 4.79 Å². The third kappa shape index (κ3) is 3.40. The first-order chi connectivity index (χ1) is 12.4. The lowest BCUT2D eigenvalue weighted by molar-refractivity contribution is -0.123. The largest absolute Gasteiger partial charge is 0.506 e. The molecule has 1 aromatic heterocycles. The van der Waals surface area contributed by atoms with Crippen LogP contribution in [0.15, 0.2) is 40.4 Å². The fourth-order valence-corrected chi connectivity index (χ4v) is 2.51. The first kappa shape index (κ1) is 17.6. The molecule has 8 nitrogen and oxygen atoms in total. The summed E-state index contributed by atoms with van der Waals surface area (Å²) in [6, 6.07) is 6.64. The number of amides is 3. The summed E-state index contributed by atoms with van der Waals surface area (Å²) in [6.45, 7) is -0.144. The van der Waals surface area contributed by atoms with Gasteiger partial charge in [-0.05, 0) is 35.9 Å². The maximum atomic E-state index is 12.4. The topological polar surface area (TPSA) is 109 Å². The number of imide groups is 1. The summed E-state index contributed by atoms with van der Waals surface area (Å²) in [4.78, 5) is 36.8. The zero-order valence-electron chi connectivity index (χ0n) is 13.5. The number of carbonyl (C=O) groups excluding carboxylic acids is 3. The summed E-state index contributed by atoms with van der Waals surface area (Å²) >= 11 is 5.83. The van der Waals surface area contributed by atoms with E-state index in [1.165, 1.54) is 37.5 Å². The minimum atomic E-state index is -0.654. The number of nitrogens with one attached hydrogen (secondary N) is 1. The summed E-state index contributed by atoms with van der Waals surface area (Å²) in [5.74, 6) is -1.07. The monoisotopic (exact) mass is 376 g/mol. The molecule has 0 spiro atoms. The number of furan rings is 1. The maximum Gasteiger partial charge on any atom is 0.373 e. The molecule has 3 amide bonds. The fraction of sp³-hybridized carbons (Fsp3) is 0.118. The Morgan fingerprint density at radius 2 is 2.12 bits per heavy atom. The Labute approximate surface area is 152 Å². The lowest BCUT2D eigenvalue weighted by Gasteiger charge is -2.09. The molecule has 1 saturated heterocycles. The number of urea groups is 1. The molecule has 0 aliphatic carbocycles. The second-order valence-corrected chi connectivity index (χ2v) is 5.76. The van der Waals surface area contributed by atoms with Crippen molar-refractivity contribution in [1.82, 2.24) is 10.2 Å². The van der Waals surface area contributed by atoms with Gasteiger partial charge in [-0.1, -0.05) is 17.7 Å². The lowest BCUT2D eigenvalue weighted by atomic mass is 10.2. The van der Waals surface area contributed by atoms with Crippen LogP contribution >= 0.6 is 11.6 Å². The Balaban J connectivity index is 1.78. The number of methoxy groups -OCH3 is 1. The van der Waals surface area contributed by atoms with Crippen LogP contribution in [0.3, 0.4) is 0 Å². The minimum absolute atomic E-state index is 0.0240. The second-order valence-electron chi connectivity index (χ2n) is 5.35. The molecule has 0 atom stereocenters. The fourth-order valence-electron chi connectivity index (χ4n) is 2.32. The molecule has 0 radical (unpaired) electrons. The Morgan fingerprint density at radius 1 is 1.35 bits per heavy atom. The number of halogens is 1. The smallest absolute Gasteiger partial charge is 0.373 e. The van der Waals surface area contributed by atoms with Crippen LogP contribution < -0.4 is 5.32 Å². The molecule has 2 heterocycles. The molecule has 26 heavy (non-hydrogen) atoms. The van der Waals surface area contributed by atoms with E-state index in [1.807, 2.05) is 0 Å². The molecule has 2 aromatic rings. The van der Waals surface area contributed by atoms with E-state index in [1.54, 1.807) is 6.07 Å². The number of phenolic OH excluding ortho intramolecular Hbond substituents is 1. The molecule has 0 unspecified atom stereocenters. The minimum Gasteiger partial charge on any atom is -0.506 e. The van der Waals surface area contributed by atoms with Crippen LogP contribution in [-0.2, 0) is 16.1 Å². The van der Waals surface area contributed by atoms with Crippen molar-refractivity contribution < 1.29 is 28.6 Å². The number of benzene rings is 1. The molecule has 0 bridgehead atoms. The molecule has 1 fully saturated rings. The van der Waals surface area contributed by atoms with E-state index in [2.05, 4.69) is 10.1 Å². The molecule has 134 valence electrons. The number of carbonyl (C=O) groups is 3. The summed E-state index contributed by atoms with van der Waals surface area (Å²) in [5.41, 5.74) is 0.584. The first-order valence-corrected chi connectivity index (χ1v) is 7.77. The average Bonchev–Trinajstić information content (AvgIpc) is 3.18. The quantitative estimate of drug-likeness (QED) is 0.482. The van der Waals surface area contributed by atoms with Gasteiger partial charge in [0.2, 0.25) is 5.76 Å². The normalized spacial score (nSPS) is 15.5. The van der Waals surface area contributed by atoms with E-state index in [0.29, 0.717) is 5.56 Å². The van der Waals surface area contributed by atoms with Gasteiger partial charge in [-0.2, -0.15) is 0 Å². The van der Waals surface area contributed by atoms with Gasteiger partial charge in [0.25, 0.3) is 5.91 Å². The van der Waals surface area contributed by atoms with E-state index in [4.69, 9.17) is 16.0 Å². The molecule has 2 N–H and O–H groups in total. The predicted octanol–water partition coefficient (Wildman–Crippen LogP) is 2.52. The zero-order valence-corrected chi connectivity index (χ0v) is 14.2. The Morgan fingerprint density at radius 3 is 2.81 bits per heavy atom. The molecule has 0 saturated carbocycles. The van der Waals surface area contributed by atoms with Gasteiger partial charge in [0, 0.05) is 0 Å². The van der Waals surface area contributed by atoms with Crippen molar-refractivity contribution >= 4 is 35.6 Å². The van der Waals surface area contributed by atoms with Gasteiger partial charge < -0.3 is 19.6 Å². The summed E-state index contributed by atoms with van der Waals surface area (Å²) in [6.07, 6.45) is 1.44. The zero-order chi connectivity index (χ0) is 18.8. The van der Waals surface area contributed by atoms with Crippen LogP contribution in [0.25, 0.3) is 6.08 Å². The van der Waals surface area contributed by atoms with Crippen molar-refractivity contribution in [1.29, 1.82) is 0 Å². The Kier molecular flexibility index (Phi) is 4.68. The highest BCUT2D eigenvalue weighted by Crippen LogP contribution is 2.25. The van der Waals surface area contributed by atoms with Crippen molar-refractivity contribution in [2.75, 3.05) is 7.11 Å². The second kappa shape index (κ2) is 6.93. The number of nitrogens with zero attached hydrogens (tertiary/aromatic N) is 1. The third-order valence-electron chi connectivity index (χ3n) is 3.61. The summed E-state index contributed by atoms with van der Waals surface area (Å²) in [5, 5.41) is 12.0. The molecule has 9 heteroatoms. The highest BCUT2D eigenvalue weighted by atomic mass is 35.5. The number of ether oxygens (including phenoxy) is 1. The third-order valence-corrected chi connectivity index (χ3v) is 3.91. The Hall–Kier alpha value is -3.26. The van der Waals surface area contributed by atoms with Crippen LogP contribution in [0, 0.1) is 0 Å². The standard InChI is InChI=1S/C17H13ClN2O6/c1-25-16(23)14-5-3-10(26-14)8-20-15(22)12(19-17(20)24)7-9-2-4-13(21)11(18)6-9/h2-7,21H,8H2,1H3,(H,19,24). The van der Waals surface area contributed by atoms with Crippen molar-refractivity contribution in [2.24, 2.45) is 0 Å². The van der Waals surface area contributed by atoms with E-state index < -0.39 is 17.9 Å². The SMILES string of the molecule is COC(=O)c1ccc(CN2C(=O)NC(=Cc3ccc(O)c(Cl)c3)C2=O)o1. The van der Waals surface area contributed by atoms with Crippen molar-refractivity contribution in [3.8, 4) is 5.75 Å². The predicted molar refractivity (Wildman–Crippen MR) is 90.2 cm³/mol. The van der Waals surface area contributed by atoms with Gasteiger partial charge in [-0.15, -0.1) is 0 Å². The highest BCUT2D eigenvalue weighted by molar-refractivity contribution is 6.32. The van der Waals surface area contributed by atoms with E-state index >= 15 is 0 Å². The lowest BCUT2D eigenvalue weighted by Crippen LogP contribution is -2.30. The van der Waals surface area contributed by atoms with Crippen LogP contribution in [0.5, 0.6) is 5.75 Å². The highest BCUT2D eigenvalue weighted by Gasteiger charge is 2.34. The molecular formula is C17H13ClN2O6. The summed E-state index contributed by atoms with van der Waals surface area (Å²) < 4.78 is 9.80. The van der Waals surface area contributed by atoms with Crippen LogP contribution in [-0.4, -0.2) is 35.0 Å². The average molecular weight is 377 g/mol. The van der Waals surface area contributed by atoms with E-state index in [0.717, 1.165) is 4.90 Å². The van der Waals surface area contributed by atoms with Gasteiger partial charge in [-0.3, -0.25) is 9.69 Å². The summed E-state index contributed by atoms with van der Waals surface area (Å²) in [7, 11) is 1.22. The van der Waals surface area contributed by atoms with Crippen molar-refractivity contribution in [3.05, 3.63) is 58.1 Å². The van der Waals surface area contributed by atoms with Gasteiger partial charge in [0.05, 0.1) is 18.7 Å². The van der Waals surface area contributed by atoms with Gasteiger partial charge >= 0.3 is 12.0 Å². The number of hydrogen-bond donors (Lipinski definition) is 2. The van der Waals surface area contributed by atoms with Crippen LogP contribution in [0.2, 0.25) is 5.02 Å². The number of hydrogen-bond acceptors (Lipinski definition) is 6. The van der Waals surface area contributed by atoms with Crippen molar-refractivity contribution in [2.45, 2.75) is 6.54 Å². The van der Waals surface area contributed by atoms with E-state index in [9.17, 15) is 19.5 Å². The molecule has 1 aromatic carbocycles. The first-order valence-electron chi connectivity index (χ1n) is 7.39. The number of aromatic hydroxyl groups is 1. The molecule has 1 aliphatic rings. The van der Waals surface area contributed by atoms with Gasteiger partial charge in [-0.25, -0.2) is 9.59 Å². The van der Waals surface area contributed by atoms with E-state index in [-0.39, 0.29) is 34.5 Å². The number of esters is 1. The number of phenols is 1. The van der Waals surface area contributed by atoms with Crippen molar-refractivity contribution in [3.63, 3.8) is 0 Å². The Bertz CT molecular complexity index is 933. The molecule has 1 aliphatic heterocycles. The van der Waals surface area contributed by atoms with Gasteiger partial charge in [0.1, 0.15) is 17.2 Å². The van der Waals surface area contributed by atoms with Crippen LogP contribution in [0.1, 0.15) is 21.9 Å². The maximum absolute atomic E-state index is 12.4. The number of rotatable bonds is 4. The van der Waals surface area contributed by atoms with Gasteiger partial charge in [0.15, 0.2) is 0 Å². The molecular weight excluding hydrogens is 364 g/mol. The molecule has 3 rings (SSSR count).